The summed E-state index contributed by atoms with van der Waals surface area (Å²) < 4.78 is 0. The summed E-state index contributed by atoms with van der Waals surface area (Å²) in [6.07, 6.45) is 4.94. The van der Waals surface area contributed by atoms with Gasteiger partial charge in [-0.1, -0.05) is 6.92 Å². The smallest absolute Gasteiger partial charge is 0.240 e. The quantitative estimate of drug-likeness (QED) is 0.796. The molecule has 0 bridgehead atoms. The first kappa shape index (κ1) is 12.8. The highest BCUT2D eigenvalue weighted by molar-refractivity contribution is 5.84. The summed E-state index contributed by atoms with van der Waals surface area (Å²) in [5, 5.41) is 3.37. The Morgan fingerprint density at radius 2 is 2.12 bits per heavy atom. The normalized spacial score (nSPS) is 32.1. The molecule has 0 aromatic carbocycles. The molecule has 1 aliphatic heterocycles. The monoisotopic (exact) mass is 239 g/mol. The van der Waals surface area contributed by atoms with Gasteiger partial charge in [0.2, 0.25) is 5.91 Å². The largest absolute Gasteiger partial charge is 0.324 e. The third kappa shape index (κ3) is 2.08. The van der Waals surface area contributed by atoms with Crippen LogP contribution in [0.15, 0.2) is 0 Å². The molecule has 0 aromatic heterocycles. The second-order valence-electron chi connectivity index (χ2n) is 5.75. The summed E-state index contributed by atoms with van der Waals surface area (Å²) in [6, 6.07) is -0.0146. The van der Waals surface area contributed by atoms with Gasteiger partial charge in [-0.15, -0.1) is 0 Å². The number of nitrogens with one attached hydrogen (secondary N) is 1. The molecule has 1 heterocycles. The first-order valence-electron chi connectivity index (χ1n) is 6.74. The van der Waals surface area contributed by atoms with Crippen LogP contribution in [0.25, 0.3) is 0 Å². The number of carbonyl (C=O) groups is 1. The Morgan fingerprint density at radius 3 is 2.53 bits per heavy atom. The zero-order valence-electron chi connectivity index (χ0n) is 11.5. The number of amides is 1. The van der Waals surface area contributed by atoms with E-state index in [2.05, 4.69) is 36.1 Å². The predicted molar refractivity (Wildman–Crippen MR) is 68.7 cm³/mol. The molecule has 4 nitrogen and oxygen atoms in total. The van der Waals surface area contributed by atoms with Gasteiger partial charge in [0.25, 0.3) is 0 Å². The van der Waals surface area contributed by atoms with Crippen molar-refractivity contribution < 1.29 is 4.79 Å². The maximum absolute atomic E-state index is 12.2. The fraction of sp³-hybridized carbons (Fsp3) is 0.923. The first-order chi connectivity index (χ1) is 8.00. The van der Waals surface area contributed by atoms with Crippen molar-refractivity contribution in [2.24, 2.45) is 0 Å². The van der Waals surface area contributed by atoms with Gasteiger partial charge in [-0.2, -0.15) is 0 Å². The summed E-state index contributed by atoms with van der Waals surface area (Å²) in [6.45, 7) is 4.99. The minimum atomic E-state index is -0.0146. The zero-order valence-corrected chi connectivity index (χ0v) is 11.5. The van der Waals surface area contributed by atoms with Crippen LogP contribution in [-0.2, 0) is 4.79 Å². The average molecular weight is 239 g/mol. The third-order valence-electron chi connectivity index (χ3n) is 4.56. The molecule has 2 unspecified atom stereocenters. The highest BCUT2D eigenvalue weighted by Gasteiger charge is 2.45. The lowest BCUT2D eigenvalue weighted by atomic mass is 9.75. The summed E-state index contributed by atoms with van der Waals surface area (Å²) >= 11 is 0. The van der Waals surface area contributed by atoms with Crippen LogP contribution in [-0.4, -0.2) is 54.1 Å². The first-order valence-corrected chi connectivity index (χ1v) is 6.74. The van der Waals surface area contributed by atoms with Crippen molar-refractivity contribution in [3.8, 4) is 0 Å². The van der Waals surface area contributed by atoms with Gasteiger partial charge in [0.15, 0.2) is 0 Å². The highest BCUT2D eigenvalue weighted by Crippen LogP contribution is 2.37. The lowest BCUT2D eigenvalue weighted by molar-refractivity contribution is -0.132. The zero-order chi connectivity index (χ0) is 12.6. The molecular formula is C13H25N3O. The fourth-order valence-corrected chi connectivity index (χ4v) is 3.03. The minimum absolute atomic E-state index is 0.0146. The highest BCUT2D eigenvalue weighted by atomic mass is 16.2. The van der Waals surface area contributed by atoms with Gasteiger partial charge in [-0.25, -0.2) is 0 Å². The molecule has 1 saturated carbocycles. The number of likely N-dealkylation sites (N-methyl/N-ethyl adjacent to an activating group) is 1. The standard InChI is InChI=1S/C13H25N3O/c1-5-11-14-10(2)12(17)16(11)9-13(15(3)4)7-6-8-13/h10-11,14H,5-9H2,1-4H3. The Hall–Kier alpha value is -0.610. The average Bonchev–Trinajstić information content (AvgIpc) is 2.49. The molecule has 1 aliphatic carbocycles. The van der Waals surface area contributed by atoms with E-state index in [-0.39, 0.29) is 23.7 Å². The van der Waals surface area contributed by atoms with Gasteiger partial charge in [0.1, 0.15) is 0 Å². The van der Waals surface area contributed by atoms with Crippen LogP contribution in [0, 0.1) is 0 Å². The molecule has 0 aromatic rings. The van der Waals surface area contributed by atoms with Crippen LogP contribution in [0.2, 0.25) is 0 Å². The van der Waals surface area contributed by atoms with Crippen molar-refractivity contribution in [1.29, 1.82) is 0 Å². The molecule has 2 fully saturated rings. The number of hydrogen-bond donors (Lipinski definition) is 1. The van der Waals surface area contributed by atoms with E-state index in [0.717, 1.165) is 13.0 Å². The Morgan fingerprint density at radius 1 is 1.47 bits per heavy atom. The predicted octanol–water partition coefficient (Wildman–Crippen LogP) is 1.03. The number of rotatable bonds is 4. The van der Waals surface area contributed by atoms with Gasteiger partial charge in [0.05, 0.1) is 12.2 Å². The van der Waals surface area contributed by atoms with Gasteiger partial charge < -0.3 is 9.80 Å². The Balaban J connectivity index is 2.08. The Labute approximate surface area is 104 Å². The SMILES string of the molecule is CCC1NC(C)C(=O)N1CC1(N(C)C)CCC1. The van der Waals surface area contributed by atoms with Crippen molar-refractivity contribution in [3.63, 3.8) is 0 Å². The van der Waals surface area contributed by atoms with E-state index < -0.39 is 0 Å². The lowest BCUT2D eigenvalue weighted by Gasteiger charge is -2.49. The summed E-state index contributed by atoms with van der Waals surface area (Å²) in [5.74, 6) is 0.268. The van der Waals surface area contributed by atoms with Crippen molar-refractivity contribution in [2.75, 3.05) is 20.6 Å². The van der Waals surface area contributed by atoms with Crippen molar-refractivity contribution in [2.45, 2.75) is 57.3 Å². The van der Waals surface area contributed by atoms with Crippen LogP contribution in [0.4, 0.5) is 0 Å². The van der Waals surface area contributed by atoms with Crippen LogP contribution in [0.3, 0.4) is 0 Å². The molecule has 1 N–H and O–H groups in total. The van der Waals surface area contributed by atoms with Crippen molar-refractivity contribution >= 4 is 5.91 Å². The summed E-state index contributed by atoms with van der Waals surface area (Å²) in [5.41, 5.74) is 0.231. The molecule has 98 valence electrons. The number of hydrogen-bond acceptors (Lipinski definition) is 3. The molecule has 17 heavy (non-hydrogen) atoms. The molecular weight excluding hydrogens is 214 g/mol. The number of carbonyl (C=O) groups excluding carboxylic acids is 1. The molecule has 0 spiro atoms. The van der Waals surface area contributed by atoms with Gasteiger partial charge >= 0.3 is 0 Å². The van der Waals surface area contributed by atoms with E-state index in [1.54, 1.807) is 0 Å². The third-order valence-corrected chi connectivity index (χ3v) is 4.56. The molecule has 1 saturated heterocycles. The maximum atomic E-state index is 12.2. The van der Waals surface area contributed by atoms with Gasteiger partial charge in [-0.3, -0.25) is 10.1 Å². The van der Waals surface area contributed by atoms with E-state index >= 15 is 0 Å². The van der Waals surface area contributed by atoms with Crippen LogP contribution in [0.5, 0.6) is 0 Å². The van der Waals surface area contributed by atoms with Gasteiger partial charge in [-0.05, 0) is 46.7 Å². The molecule has 2 rings (SSSR count). The molecule has 0 radical (unpaired) electrons. The van der Waals surface area contributed by atoms with Gasteiger partial charge in [0, 0.05) is 12.1 Å². The minimum Gasteiger partial charge on any atom is -0.324 e. The topological polar surface area (TPSA) is 35.6 Å². The molecule has 4 heteroatoms. The second kappa shape index (κ2) is 4.58. The summed E-state index contributed by atoms with van der Waals surface area (Å²) in [4.78, 5) is 16.5. The molecule has 2 atom stereocenters. The molecule has 2 aliphatic rings. The Kier molecular flexibility index (Phi) is 3.46. The van der Waals surface area contributed by atoms with E-state index in [4.69, 9.17) is 0 Å². The number of nitrogens with zero attached hydrogens (tertiary/aromatic N) is 2. The van der Waals surface area contributed by atoms with Crippen LogP contribution in [0.1, 0.15) is 39.5 Å². The molecule has 1 amide bonds. The fourth-order valence-electron chi connectivity index (χ4n) is 3.03. The van der Waals surface area contributed by atoms with Crippen LogP contribution < -0.4 is 5.32 Å². The summed E-state index contributed by atoms with van der Waals surface area (Å²) in [7, 11) is 4.27. The van der Waals surface area contributed by atoms with Crippen molar-refractivity contribution in [3.05, 3.63) is 0 Å². The second-order valence-corrected chi connectivity index (χ2v) is 5.75. The van der Waals surface area contributed by atoms with Crippen LogP contribution >= 0.6 is 0 Å². The van der Waals surface area contributed by atoms with E-state index in [1.807, 2.05) is 6.92 Å². The lowest BCUT2D eigenvalue weighted by Crippen LogP contribution is -2.59. The Bertz CT molecular complexity index is 299. The van der Waals surface area contributed by atoms with E-state index in [9.17, 15) is 4.79 Å². The van der Waals surface area contributed by atoms with Crippen molar-refractivity contribution in [1.82, 2.24) is 15.1 Å². The maximum Gasteiger partial charge on any atom is 0.240 e. The van der Waals surface area contributed by atoms with E-state index in [0.29, 0.717) is 0 Å². The van der Waals surface area contributed by atoms with E-state index in [1.165, 1.54) is 19.3 Å².